The molecule has 1 aromatic heterocycles. The van der Waals surface area contributed by atoms with Crippen molar-refractivity contribution in [3.05, 3.63) is 54.2 Å². The highest BCUT2D eigenvalue weighted by atomic mass is 127. The zero-order valence-electron chi connectivity index (χ0n) is 18.2. The van der Waals surface area contributed by atoms with E-state index in [0.717, 1.165) is 49.9 Å². The Hall–Kier alpha value is -1.67. The zero-order valence-corrected chi connectivity index (χ0v) is 20.5. The zero-order chi connectivity index (χ0) is 20.4. The Bertz CT molecular complexity index is 776. The Labute approximate surface area is 198 Å². The number of pyridine rings is 1. The van der Waals surface area contributed by atoms with Gasteiger partial charge in [-0.05, 0) is 55.4 Å². The summed E-state index contributed by atoms with van der Waals surface area (Å²) >= 11 is 0. The first-order valence-electron chi connectivity index (χ1n) is 10.8. The number of halogens is 1. The Morgan fingerprint density at radius 2 is 1.97 bits per heavy atom. The lowest BCUT2D eigenvalue weighted by atomic mass is 9.83. The van der Waals surface area contributed by atoms with Crippen molar-refractivity contribution < 1.29 is 4.74 Å². The summed E-state index contributed by atoms with van der Waals surface area (Å²) in [6.45, 7) is 5.39. The highest BCUT2D eigenvalue weighted by molar-refractivity contribution is 14.0. The number of nitrogens with zero attached hydrogens (tertiary/aromatic N) is 2. The van der Waals surface area contributed by atoms with Gasteiger partial charge in [-0.3, -0.25) is 9.98 Å². The molecule has 0 radical (unpaired) electrons. The third-order valence-corrected chi connectivity index (χ3v) is 5.85. The molecule has 1 heterocycles. The summed E-state index contributed by atoms with van der Waals surface area (Å²) in [7, 11) is 1.83. The number of aromatic nitrogens is 1. The molecule has 1 saturated carbocycles. The summed E-state index contributed by atoms with van der Waals surface area (Å²) in [4.78, 5) is 8.87. The summed E-state index contributed by atoms with van der Waals surface area (Å²) in [5, 5.41) is 7.03. The van der Waals surface area contributed by atoms with E-state index in [1.165, 1.54) is 31.2 Å². The smallest absolute Gasteiger partial charge is 0.191 e. The van der Waals surface area contributed by atoms with E-state index in [4.69, 9.17) is 4.74 Å². The molecule has 6 heteroatoms. The van der Waals surface area contributed by atoms with Crippen molar-refractivity contribution in [1.82, 2.24) is 15.6 Å². The maximum atomic E-state index is 5.63. The van der Waals surface area contributed by atoms with Crippen molar-refractivity contribution in [3.8, 4) is 11.3 Å². The molecule has 0 amide bonds. The van der Waals surface area contributed by atoms with E-state index < -0.39 is 0 Å². The average Bonchev–Trinajstić information content (AvgIpc) is 3.24. The monoisotopic (exact) mass is 522 g/mol. The molecule has 1 fully saturated rings. The van der Waals surface area contributed by atoms with Crippen molar-refractivity contribution in [2.75, 3.05) is 26.8 Å². The van der Waals surface area contributed by atoms with Gasteiger partial charge in [0.25, 0.3) is 0 Å². The van der Waals surface area contributed by atoms with Gasteiger partial charge in [-0.1, -0.05) is 37.1 Å². The summed E-state index contributed by atoms with van der Waals surface area (Å²) in [6, 6.07) is 14.5. The third-order valence-electron chi connectivity index (χ3n) is 5.85. The minimum atomic E-state index is 0. The summed E-state index contributed by atoms with van der Waals surface area (Å²) in [5.41, 5.74) is 3.68. The van der Waals surface area contributed by atoms with Crippen LogP contribution in [0.2, 0.25) is 0 Å². The van der Waals surface area contributed by atoms with Crippen LogP contribution in [-0.4, -0.2) is 37.7 Å². The number of hydrogen-bond donors (Lipinski definition) is 2. The lowest BCUT2D eigenvalue weighted by Crippen LogP contribution is -2.43. The molecule has 1 aliphatic carbocycles. The van der Waals surface area contributed by atoms with Crippen LogP contribution in [0.1, 0.15) is 44.6 Å². The summed E-state index contributed by atoms with van der Waals surface area (Å²) in [5.74, 6) is 0.857. The molecule has 5 nitrogen and oxygen atoms in total. The van der Waals surface area contributed by atoms with Crippen LogP contribution in [0.4, 0.5) is 0 Å². The van der Waals surface area contributed by atoms with E-state index in [9.17, 15) is 0 Å². The molecule has 1 aromatic carbocycles. The number of benzene rings is 1. The second-order valence-corrected chi connectivity index (χ2v) is 7.85. The van der Waals surface area contributed by atoms with E-state index in [2.05, 4.69) is 51.8 Å². The summed E-state index contributed by atoms with van der Waals surface area (Å²) in [6.07, 6.45) is 8.14. The van der Waals surface area contributed by atoms with Crippen LogP contribution in [-0.2, 0) is 11.3 Å². The van der Waals surface area contributed by atoms with Crippen LogP contribution < -0.4 is 10.6 Å². The summed E-state index contributed by atoms with van der Waals surface area (Å²) < 4.78 is 5.63. The second-order valence-electron chi connectivity index (χ2n) is 7.85. The standard InChI is InChI=1S/C24H34N4O.HI/c1-3-29-16-14-24(12-5-6-13-24)19-28-23(25-2)27-18-20-9-8-10-21(17-20)22-11-4-7-15-26-22;/h4,7-11,15,17H,3,5-6,12-14,16,18-19H2,1-2H3,(H2,25,27,28);1H. The number of nitrogens with one attached hydrogen (secondary N) is 2. The van der Waals surface area contributed by atoms with Gasteiger partial charge in [0.2, 0.25) is 0 Å². The van der Waals surface area contributed by atoms with Crippen LogP contribution in [0.15, 0.2) is 53.7 Å². The van der Waals surface area contributed by atoms with Gasteiger partial charge < -0.3 is 15.4 Å². The molecular weight excluding hydrogens is 487 g/mol. The van der Waals surface area contributed by atoms with Crippen molar-refractivity contribution >= 4 is 29.9 Å². The van der Waals surface area contributed by atoms with Crippen LogP contribution in [0.5, 0.6) is 0 Å². The van der Waals surface area contributed by atoms with Gasteiger partial charge in [-0.25, -0.2) is 0 Å². The molecule has 0 spiro atoms. The highest BCUT2D eigenvalue weighted by Crippen LogP contribution is 2.40. The predicted octanol–water partition coefficient (Wildman–Crippen LogP) is 5.02. The van der Waals surface area contributed by atoms with Crippen molar-refractivity contribution in [3.63, 3.8) is 0 Å². The van der Waals surface area contributed by atoms with Crippen molar-refractivity contribution in [2.24, 2.45) is 10.4 Å². The topological polar surface area (TPSA) is 58.5 Å². The molecule has 164 valence electrons. The molecule has 0 saturated heterocycles. The maximum absolute atomic E-state index is 5.63. The molecule has 0 atom stereocenters. The van der Waals surface area contributed by atoms with E-state index >= 15 is 0 Å². The molecule has 0 bridgehead atoms. The van der Waals surface area contributed by atoms with E-state index in [1.54, 1.807) is 0 Å². The lowest BCUT2D eigenvalue weighted by Gasteiger charge is -2.30. The predicted molar refractivity (Wildman–Crippen MR) is 135 cm³/mol. The molecule has 0 aliphatic heterocycles. The maximum Gasteiger partial charge on any atom is 0.191 e. The van der Waals surface area contributed by atoms with Gasteiger partial charge in [0.1, 0.15) is 0 Å². The SMILES string of the molecule is CCOCCC1(CNC(=NC)NCc2cccc(-c3ccccn3)c2)CCCC1.I. The molecule has 2 N–H and O–H groups in total. The third kappa shape index (κ3) is 7.23. The lowest BCUT2D eigenvalue weighted by molar-refractivity contribution is 0.105. The number of guanidine groups is 1. The second kappa shape index (κ2) is 12.9. The minimum Gasteiger partial charge on any atom is -0.382 e. The van der Waals surface area contributed by atoms with E-state index in [1.807, 2.05) is 31.4 Å². The molecule has 30 heavy (non-hydrogen) atoms. The fourth-order valence-corrected chi connectivity index (χ4v) is 4.12. The minimum absolute atomic E-state index is 0. The van der Waals surface area contributed by atoms with Gasteiger partial charge in [0.05, 0.1) is 5.69 Å². The first-order valence-corrected chi connectivity index (χ1v) is 10.8. The van der Waals surface area contributed by atoms with Gasteiger partial charge in [0, 0.05) is 45.1 Å². The van der Waals surface area contributed by atoms with Gasteiger partial charge in [-0.15, -0.1) is 24.0 Å². The average molecular weight is 522 g/mol. The molecule has 1 aliphatic rings. The number of ether oxygens (including phenoxy) is 1. The number of rotatable bonds is 9. The van der Waals surface area contributed by atoms with Gasteiger partial charge in [0.15, 0.2) is 5.96 Å². The first-order chi connectivity index (χ1) is 14.2. The Morgan fingerprint density at radius 3 is 2.67 bits per heavy atom. The quantitative estimate of drug-likeness (QED) is 0.210. The van der Waals surface area contributed by atoms with E-state index in [-0.39, 0.29) is 24.0 Å². The number of aliphatic imine (C=N–C) groups is 1. The van der Waals surface area contributed by atoms with Crippen LogP contribution in [0.3, 0.4) is 0 Å². The Kier molecular flexibility index (Phi) is 10.6. The Morgan fingerprint density at radius 1 is 1.13 bits per heavy atom. The largest absolute Gasteiger partial charge is 0.382 e. The molecule has 2 aromatic rings. The van der Waals surface area contributed by atoms with Crippen LogP contribution in [0.25, 0.3) is 11.3 Å². The van der Waals surface area contributed by atoms with Gasteiger partial charge >= 0.3 is 0 Å². The van der Waals surface area contributed by atoms with Gasteiger partial charge in [-0.2, -0.15) is 0 Å². The number of hydrogen-bond acceptors (Lipinski definition) is 3. The molecule has 0 unspecified atom stereocenters. The van der Waals surface area contributed by atoms with E-state index in [0.29, 0.717) is 5.41 Å². The van der Waals surface area contributed by atoms with Crippen molar-refractivity contribution in [1.29, 1.82) is 0 Å². The Balaban J connectivity index is 0.00000320. The first kappa shape index (κ1) is 24.6. The molecular formula is C24H35IN4O. The fraction of sp³-hybridized carbons (Fsp3) is 0.500. The van der Waals surface area contributed by atoms with Crippen LogP contribution in [0, 0.1) is 5.41 Å². The molecule has 3 rings (SSSR count). The van der Waals surface area contributed by atoms with Crippen LogP contribution >= 0.6 is 24.0 Å². The normalized spacial score (nSPS) is 15.5. The van der Waals surface area contributed by atoms with Crippen molar-refractivity contribution in [2.45, 2.75) is 45.6 Å². The fourth-order valence-electron chi connectivity index (χ4n) is 4.12. The highest BCUT2D eigenvalue weighted by Gasteiger charge is 2.33.